The van der Waals surface area contributed by atoms with Crippen molar-refractivity contribution in [1.29, 1.82) is 0 Å². The summed E-state index contributed by atoms with van der Waals surface area (Å²) in [5, 5.41) is 91.8. The molecule has 288 valence electrons. The normalized spacial score (nSPS) is 10.0. The summed E-state index contributed by atoms with van der Waals surface area (Å²) in [4.78, 5) is 48.0. The van der Waals surface area contributed by atoms with Crippen LogP contribution in [0.25, 0.3) is 0 Å². The number of hydrogen-bond donors (Lipinski definition) is 11. The molecule has 0 spiro atoms. The van der Waals surface area contributed by atoms with Gasteiger partial charge >= 0.3 is 29.8 Å². The van der Waals surface area contributed by atoms with Crippen molar-refractivity contribution >= 4 is 29.8 Å². The minimum absolute atomic E-state index is 0.0341. The van der Waals surface area contributed by atoms with Crippen LogP contribution in [0.1, 0.15) is 62.3 Å². The monoisotopic (exact) mass is 712 g/mol. The van der Waals surface area contributed by atoms with Gasteiger partial charge in [-0.15, -0.1) is 0 Å². The van der Waals surface area contributed by atoms with Crippen LogP contribution >= 0.6 is 0 Å². The molecule has 1 unspecified atom stereocenters. The van der Waals surface area contributed by atoms with Crippen LogP contribution in [0.5, 0.6) is 0 Å². The van der Waals surface area contributed by atoms with E-state index in [4.69, 9.17) is 51.1 Å². The minimum atomic E-state index is -1.11. The van der Waals surface area contributed by atoms with Crippen molar-refractivity contribution in [3.8, 4) is 0 Å². The second-order valence-electron chi connectivity index (χ2n) is 11.4. The van der Waals surface area contributed by atoms with Gasteiger partial charge in [-0.05, 0) is 40.5 Å². The average molecular weight is 713 g/mol. The van der Waals surface area contributed by atoms with Gasteiger partial charge in [0.2, 0.25) is 0 Å². The summed E-state index contributed by atoms with van der Waals surface area (Å²) in [6.45, 7) is 29.0. The van der Waals surface area contributed by atoms with Crippen LogP contribution < -0.4 is 0 Å². The van der Waals surface area contributed by atoms with E-state index in [0.29, 0.717) is 0 Å². The molecule has 0 rings (SSSR count). The van der Waals surface area contributed by atoms with Gasteiger partial charge in [0.05, 0.1) is 44.6 Å². The Hall–Kier alpha value is -4.19. The van der Waals surface area contributed by atoms with Crippen molar-refractivity contribution < 1.29 is 80.1 Å². The second kappa shape index (κ2) is 33.7. The second-order valence-corrected chi connectivity index (χ2v) is 11.4. The lowest BCUT2D eigenvalue weighted by Gasteiger charge is -2.30. The molecule has 0 saturated carbocycles. The van der Waals surface area contributed by atoms with Gasteiger partial charge in [-0.25, -0.2) is 24.0 Å². The molecule has 11 N–H and O–H groups in total. The molecule has 0 aliphatic rings. The Balaban J connectivity index is -0.0000000850. The first-order valence-electron chi connectivity index (χ1n) is 14.0. The number of rotatable bonds is 12. The van der Waals surface area contributed by atoms with Crippen molar-refractivity contribution in [1.82, 2.24) is 0 Å². The predicted octanol–water partition coefficient (Wildman–Crippen LogP) is 2.20. The van der Waals surface area contributed by atoms with E-state index in [1.165, 1.54) is 34.6 Å². The number of carbonyl (C=O) groups is 5. The Kier molecular flexibility index (Phi) is 41.4. The number of hydrogen-bond acceptors (Lipinski definition) is 11. The van der Waals surface area contributed by atoms with Crippen LogP contribution in [0.15, 0.2) is 60.8 Å². The van der Waals surface area contributed by atoms with Gasteiger partial charge in [0, 0.05) is 33.3 Å². The van der Waals surface area contributed by atoms with Gasteiger partial charge in [-0.3, -0.25) is 0 Å². The third kappa shape index (κ3) is 46.0. The average Bonchev–Trinajstić information content (AvgIpc) is 2.99. The van der Waals surface area contributed by atoms with Crippen molar-refractivity contribution in [2.75, 3.05) is 33.0 Å². The van der Waals surface area contributed by atoms with Gasteiger partial charge in [-0.1, -0.05) is 60.6 Å². The predicted molar refractivity (Wildman–Crippen MR) is 185 cm³/mol. The lowest BCUT2D eigenvalue weighted by molar-refractivity contribution is -0.133. The lowest BCUT2D eigenvalue weighted by Crippen LogP contribution is -2.37. The molecule has 0 aromatic carbocycles. The maximum Gasteiger partial charge on any atom is 0.330 e. The highest BCUT2D eigenvalue weighted by molar-refractivity contribution is 5.86. The maximum absolute atomic E-state index is 9.60. The van der Waals surface area contributed by atoms with Crippen molar-refractivity contribution in [2.45, 2.75) is 68.4 Å². The van der Waals surface area contributed by atoms with Crippen molar-refractivity contribution in [3.05, 3.63) is 60.8 Å². The molecular formula is C33H60O16. The first-order valence-corrected chi connectivity index (χ1v) is 14.0. The zero-order valence-electron chi connectivity index (χ0n) is 30.2. The van der Waals surface area contributed by atoms with E-state index >= 15 is 0 Å². The van der Waals surface area contributed by atoms with Crippen LogP contribution in [0.4, 0.5) is 0 Å². The molecule has 0 aliphatic heterocycles. The van der Waals surface area contributed by atoms with Crippen molar-refractivity contribution in [2.24, 2.45) is 16.7 Å². The molecule has 0 saturated heterocycles. The van der Waals surface area contributed by atoms with Crippen LogP contribution in [0, 0.1) is 16.7 Å². The Bertz CT molecular complexity index is 834. The summed E-state index contributed by atoms with van der Waals surface area (Å²) >= 11 is 0. The van der Waals surface area contributed by atoms with Crippen LogP contribution in [0.2, 0.25) is 0 Å². The molecule has 0 aromatic heterocycles. The Labute approximate surface area is 289 Å². The van der Waals surface area contributed by atoms with E-state index in [1.54, 1.807) is 0 Å². The lowest BCUT2D eigenvalue weighted by atomic mass is 9.82. The Morgan fingerprint density at radius 2 is 0.612 bits per heavy atom. The van der Waals surface area contributed by atoms with E-state index in [-0.39, 0.29) is 45.8 Å². The largest absolute Gasteiger partial charge is 0.478 e. The molecule has 1 atom stereocenters. The van der Waals surface area contributed by atoms with E-state index in [9.17, 15) is 29.1 Å². The molecule has 0 bridgehead atoms. The summed E-state index contributed by atoms with van der Waals surface area (Å²) in [5.41, 5.74) is -0.598. The molecule has 0 aliphatic carbocycles. The molecule has 0 fully saturated rings. The Morgan fingerprint density at radius 1 is 0.469 bits per heavy atom. The summed E-state index contributed by atoms with van der Waals surface area (Å²) in [6, 6.07) is 0. The quantitative estimate of drug-likeness (QED) is 0.129. The van der Waals surface area contributed by atoms with E-state index in [0.717, 1.165) is 0 Å². The molecule has 49 heavy (non-hydrogen) atoms. The highest BCUT2D eigenvalue weighted by atomic mass is 16.4. The van der Waals surface area contributed by atoms with Crippen LogP contribution in [0.3, 0.4) is 0 Å². The number of aliphatic carboxylic acids is 5. The molecular weight excluding hydrogens is 652 g/mol. The number of carboxylic acid groups (broad SMARTS) is 5. The molecule has 0 aromatic rings. The number of aliphatic hydroxyl groups is 6. The summed E-state index contributed by atoms with van der Waals surface area (Å²) in [5.74, 6) is -4.47. The summed E-state index contributed by atoms with van der Waals surface area (Å²) < 4.78 is 0. The minimum Gasteiger partial charge on any atom is -0.478 e. The molecule has 0 amide bonds. The third-order valence-corrected chi connectivity index (χ3v) is 5.01. The molecule has 16 nitrogen and oxygen atoms in total. The topological polar surface area (TPSA) is 308 Å². The highest BCUT2D eigenvalue weighted by Crippen LogP contribution is 2.24. The van der Waals surface area contributed by atoms with E-state index in [2.05, 4.69) is 32.9 Å². The highest BCUT2D eigenvalue weighted by Gasteiger charge is 2.29. The Morgan fingerprint density at radius 3 is 0.633 bits per heavy atom. The SMILES string of the molecule is C=C(C)C(=O)O.C=C(C)C(=O)O.C=C(C)C(=O)O.C=C(C)C(=O)O.C=C(C)C(=O)O.CC(C)C(O)C(C)(C)CO.OCC(CO)(CO)CO. The fraction of sp³-hybridized carbons (Fsp3) is 0.545. The van der Waals surface area contributed by atoms with Crippen molar-refractivity contribution in [3.63, 3.8) is 0 Å². The number of aliphatic hydroxyl groups excluding tert-OH is 6. The summed E-state index contributed by atoms with van der Waals surface area (Å²) in [6.07, 6.45) is -0.419. The first-order chi connectivity index (χ1) is 21.9. The fourth-order valence-electron chi connectivity index (χ4n) is 1.30. The molecule has 0 radical (unpaired) electrons. The first kappa shape index (κ1) is 60.2. The fourth-order valence-corrected chi connectivity index (χ4v) is 1.30. The molecule has 0 heterocycles. The van der Waals surface area contributed by atoms with Gasteiger partial charge in [-0.2, -0.15) is 0 Å². The van der Waals surface area contributed by atoms with E-state index in [1.807, 2.05) is 27.7 Å². The zero-order valence-corrected chi connectivity index (χ0v) is 30.2. The van der Waals surface area contributed by atoms with Gasteiger partial charge in [0.15, 0.2) is 0 Å². The zero-order chi connectivity index (χ0) is 41.5. The van der Waals surface area contributed by atoms with Gasteiger partial charge in [0.25, 0.3) is 0 Å². The molecule has 16 heteroatoms. The third-order valence-electron chi connectivity index (χ3n) is 5.01. The van der Waals surface area contributed by atoms with Crippen LogP contribution in [-0.2, 0) is 24.0 Å². The van der Waals surface area contributed by atoms with Crippen LogP contribution in [-0.4, -0.2) is 125 Å². The standard InChI is InChI=1S/C8H18O2.C5H12O4.5C4H6O2/c1-6(2)7(10)8(3,4)5-9;6-1-5(2-7,3-8)4-9;5*1-3(2)4(5)6/h6-7,9-10H,5H2,1-4H3;6-9H,1-4H2;5*1H2,2H3,(H,5,6). The van der Waals surface area contributed by atoms with Gasteiger partial charge in [0.1, 0.15) is 0 Å². The summed E-state index contributed by atoms with van der Waals surface area (Å²) in [7, 11) is 0. The number of carboxylic acids is 5. The maximum atomic E-state index is 9.60. The van der Waals surface area contributed by atoms with Gasteiger partial charge < -0.3 is 56.2 Å². The van der Waals surface area contributed by atoms with E-state index < -0.39 is 67.8 Å². The smallest absolute Gasteiger partial charge is 0.330 e.